The first-order chi connectivity index (χ1) is 7.22. The third kappa shape index (κ3) is 2.75. The number of aromatic nitrogens is 1. The molecule has 0 aromatic carbocycles. The van der Waals surface area contributed by atoms with Crippen molar-refractivity contribution in [2.24, 2.45) is 0 Å². The van der Waals surface area contributed by atoms with E-state index in [0.717, 1.165) is 25.3 Å². The third-order valence-corrected chi connectivity index (χ3v) is 2.27. The van der Waals surface area contributed by atoms with Gasteiger partial charge in [0, 0.05) is 13.1 Å². The van der Waals surface area contributed by atoms with E-state index in [0.29, 0.717) is 11.6 Å². The summed E-state index contributed by atoms with van der Waals surface area (Å²) < 4.78 is 5.10. The average Bonchev–Trinajstić information content (AvgIpc) is 2.27. The number of nitrogen functional groups attached to an aromatic ring is 1. The van der Waals surface area contributed by atoms with Crippen LogP contribution in [0.2, 0.25) is 0 Å². The van der Waals surface area contributed by atoms with Crippen LogP contribution < -0.4 is 15.4 Å². The van der Waals surface area contributed by atoms with E-state index in [-0.39, 0.29) is 0 Å². The first kappa shape index (κ1) is 11.6. The van der Waals surface area contributed by atoms with E-state index >= 15 is 0 Å². The normalized spacial score (nSPS) is 10.1. The van der Waals surface area contributed by atoms with E-state index in [9.17, 15) is 0 Å². The summed E-state index contributed by atoms with van der Waals surface area (Å²) in [7, 11) is 1.58. The molecule has 0 aliphatic carbocycles. The van der Waals surface area contributed by atoms with Crippen LogP contribution in [-0.4, -0.2) is 25.2 Å². The molecule has 1 heterocycles. The lowest BCUT2D eigenvalue weighted by atomic mass is 10.3. The first-order valence-electron chi connectivity index (χ1n) is 5.28. The van der Waals surface area contributed by atoms with Crippen LogP contribution in [0, 0.1) is 0 Å². The molecule has 0 bridgehead atoms. The average molecular weight is 209 g/mol. The quantitative estimate of drug-likeness (QED) is 0.804. The second-order valence-corrected chi connectivity index (χ2v) is 3.35. The van der Waals surface area contributed by atoms with Gasteiger partial charge in [0.25, 0.3) is 0 Å². The van der Waals surface area contributed by atoms with Crippen molar-refractivity contribution < 1.29 is 4.74 Å². The monoisotopic (exact) mass is 209 g/mol. The van der Waals surface area contributed by atoms with Gasteiger partial charge < -0.3 is 15.4 Å². The van der Waals surface area contributed by atoms with Crippen LogP contribution in [0.1, 0.15) is 20.3 Å². The van der Waals surface area contributed by atoms with E-state index in [1.54, 1.807) is 7.11 Å². The molecule has 2 N–H and O–H groups in total. The van der Waals surface area contributed by atoms with Crippen molar-refractivity contribution in [1.29, 1.82) is 0 Å². The molecule has 0 fully saturated rings. The number of methoxy groups -OCH3 is 1. The van der Waals surface area contributed by atoms with Gasteiger partial charge in [-0.3, -0.25) is 0 Å². The summed E-state index contributed by atoms with van der Waals surface area (Å²) in [5.41, 5.74) is 6.29. The Bertz CT molecular complexity index is 315. The second kappa shape index (κ2) is 5.44. The molecule has 1 aromatic rings. The van der Waals surface area contributed by atoms with Crippen LogP contribution >= 0.6 is 0 Å². The summed E-state index contributed by atoms with van der Waals surface area (Å²) in [6.45, 7) is 6.20. The zero-order valence-corrected chi connectivity index (χ0v) is 9.66. The Balaban J connectivity index is 2.92. The molecule has 0 atom stereocenters. The van der Waals surface area contributed by atoms with Gasteiger partial charge in [-0.05, 0) is 25.5 Å². The van der Waals surface area contributed by atoms with Gasteiger partial charge >= 0.3 is 0 Å². The van der Waals surface area contributed by atoms with E-state index in [1.807, 2.05) is 12.1 Å². The fraction of sp³-hybridized carbons (Fsp3) is 0.545. The van der Waals surface area contributed by atoms with Crippen LogP contribution in [0.4, 0.5) is 11.5 Å². The van der Waals surface area contributed by atoms with Crippen molar-refractivity contribution in [3.05, 3.63) is 12.1 Å². The third-order valence-electron chi connectivity index (χ3n) is 2.27. The maximum absolute atomic E-state index is 5.71. The number of nitrogens with zero attached hydrogens (tertiary/aromatic N) is 2. The smallest absolute Gasteiger partial charge is 0.238 e. The molecule has 4 heteroatoms. The highest BCUT2D eigenvalue weighted by molar-refractivity contribution is 5.54. The van der Waals surface area contributed by atoms with Gasteiger partial charge in [-0.2, -0.15) is 4.98 Å². The lowest BCUT2D eigenvalue weighted by Crippen LogP contribution is -2.24. The molecule has 84 valence electrons. The summed E-state index contributed by atoms with van der Waals surface area (Å²) in [5, 5.41) is 0. The second-order valence-electron chi connectivity index (χ2n) is 3.35. The molecule has 1 aromatic heterocycles. The van der Waals surface area contributed by atoms with Gasteiger partial charge in [-0.25, -0.2) is 0 Å². The predicted molar refractivity (Wildman–Crippen MR) is 63.4 cm³/mol. The Labute approximate surface area is 91.1 Å². The number of hydrogen-bond acceptors (Lipinski definition) is 4. The molecule has 4 nitrogen and oxygen atoms in total. The van der Waals surface area contributed by atoms with E-state index in [4.69, 9.17) is 10.5 Å². The molecule has 0 saturated heterocycles. The summed E-state index contributed by atoms with van der Waals surface area (Å²) in [5.74, 6) is 1.42. The van der Waals surface area contributed by atoms with Gasteiger partial charge in [0.15, 0.2) is 0 Å². The van der Waals surface area contributed by atoms with Crippen molar-refractivity contribution in [3.63, 3.8) is 0 Å². The minimum Gasteiger partial charge on any atom is -0.479 e. The Morgan fingerprint density at radius 2 is 2.13 bits per heavy atom. The van der Waals surface area contributed by atoms with E-state index in [2.05, 4.69) is 23.7 Å². The van der Waals surface area contributed by atoms with Crippen molar-refractivity contribution in [2.45, 2.75) is 20.3 Å². The van der Waals surface area contributed by atoms with Crippen LogP contribution in [0.25, 0.3) is 0 Å². The first-order valence-corrected chi connectivity index (χ1v) is 5.28. The molecule has 0 unspecified atom stereocenters. The standard InChI is InChI=1S/C11H19N3O/c1-4-8-14(5-2)10-7-6-9(12)11(13-10)15-3/h6-7H,4-5,8,12H2,1-3H3. The Morgan fingerprint density at radius 3 is 2.67 bits per heavy atom. The fourth-order valence-electron chi connectivity index (χ4n) is 1.49. The van der Waals surface area contributed by atoms with Crippen molar-refractivity contribution in [2.75, 3.05) is 30.8 Å². The molecule has 0 saturated carbocycles. The van der Waals surface area contributed by atoms with Crippen molar-refractivity contribution >= 4 is 11.5 Å². The molecule has 0 amide bonds. The number of anilines is 2. The Hall–Kier alpha value is -1.45. The van der Waals surface area contributed by atoms with Gasteiger partial charge in [0.2, 0.25) is 5.88 Å². The molecule has 0 spiro atoms. The van der Waals surface area contributed by atoms with Crippen molar-refractivity contribution in [1.82, 2.24) is 4.98 Å². The number of hydrogen-bond donors (Lipinski definition) is 1. The highest BCUT2D eigenvalue weighted by Crippen LogP contribution is 2.22. The highest BCUT2D eigenvalue weighted by atomic mass is 16.5. The summed E-state index contributed by atoms with van der Waals surface area (Å²) in [6, 6.07) is 3.76. The van der Waals surface area contributed by atoms with E-state index in [1.165, 1.54) is 0 Å². The SMILES string of the molecule is CCCN(CC)c1ccc(N)c(OC)n1. The van der Waals surface area contributed by atoms with Gasteiger partial charge in [0.05, 0.1) is 12.8 Å². The lowest BCUT2D eigenvalue weighted by Gasteiger charge is -2.21. The Morgan fingerprint density at radius 1 is 1.40 bits per heavy atom. The summed E-state index contributed by atoms with van der Waals surface area (Å²) in [4.78, 5) is 6.56. The largest absolute Gasteiger partial charge is 0.479 e. The number of ether oxygens (including phenoxy) is 1. The molecule has 0 radical (unpaired) electrons. The summed E-state index contributed by atoms with van der Waals surface area (Å²) >= 11 is 0. The van der Waals surface area contributed by atoms with Crippen LogP contribution in [0.3, 0.4) is 0 Å². The van der Waals surface area contributed by atoms with Crippen LogP contribution in [-0.2, 0) is 0 Å². The van der Waals surface area contributed by atoms with Gasteiger partial charge in [0.1, 0.15) is 5.82 Å². The van der Waals surface area contributed by atoms with E-state index < -0.39 is 0 Å². The lowest BCUT2D eigenvalue weighted by molar-refractivity contribution is 0.400. The van der Waals surface area contributed by atoms with Crippen molar-refractivity contribution in [3.8, 4) is 5.88 Å². The van der Waals surface area contributed by atoms with Crippen LogP contribution in [0.15, 0.2) is 12.1 Å². The topological polar surface area (TPSA) is 51.4 Å². The predicted octanol–water partition coefficient (Wildman–Crippen LogP) is 1.91. The highest BCUT2D eigenvalue weighted by Gasteiger charge is 2.07. The minimum atomic E-state index is 0.502. The number of pyridine rings is 1. The molecule has 0 aliphatic rings. The molecular formula is C11H19N3O. The minimum absolute atomic E-state index is 0.502. The Kier molecular flexibility index (Phi) is 4.21. The van der Waals surface area contributed by atoms with Gasteiger partial charge in [-0.15, -0.1) is 0 Å². The maximum Gasteiger partial charge on any atom is 0.238 e. The zero-order valence-electron chi connectivity index (χ0n) is 9.66. The zero-order chi connectivity index (χ0) is 11.3. The van der Waals surface area contributed by atoms with Gasteiger partial charge in [-0.1, -0.05) is 6.92 Å². The fourth-order valence-corrected chi connectivity index (χ4v) is 1.49. The van der Waals surface area contributed by atoms with Crippen LogP contribution in [0.5, 0.6) is 5.88 Å². The molecule has 1 rings (SSSR count). The molecule has 0 aliphatic heterocycles. The summed E-state index contributed by atoms with van der Waals surface area (Å²) in [6.07, 6.45) is 1.10. The molecular weight excluding hydrogens is 190 g/mol. The number of nitrogens with two attached hydrogens (primary N) is 1. The molecule has 15 heavy (non-hydrogen) atoms. The number of rotatable bonds is 5. The maximum atomic E-state index is 5.71.